The Hall–Kier alpha value is -9.45. The highest BCUT2D eigenvalue weighted by Gasteiger charge is 2.17. The summed E-state index contributed by atoms with van der Waals surface area (Å²) in [7, 11) is 0. The van der Waals surface area contributed by atoms with E-state index in [0.717, 1.165) is 113 Å². The van der Waals surface area contributed by atoms with Gasteiger partial charge >= 0.3 is 0 Å². The van der Waals surface area contributed by atoms with Gasteiger partial charge in [-0.1, -0.05) is 188 Å². The summed E-state index contributed by atoms with van der Waals surface area (Å²) in [6.45, 7) is 0. The maximum absolute atomic E-state index is 5.34. The van der Waals surface area contributed by atoms with Gasteiger partial charge in [-0.05, 0) is 128 Å². The molecule has 0 saturated heterocycles. The molecule has 0 radical (unpaired) electrons. The lowest BCUT2D eigenvalue weighted by atomic mass is 9.97. The van der Waals surface area contributed by atoms with Crippen LogP contribution in [0.2, 0.25) is 0 Å². The van der Waals surface area contributed by atoms with E-state index >= 15 is 0 Å². The first-order valence-electron chi connectivity index (χ1n) is 23.5. The van der Waals surface area contributed by atoms with Crippen molar-refractivity contribution in [2.45, 2.75) is 0 Å². The summed E-state index contributed by atoms with van der Waals surface area (Å²) in [6, 6.07) is 90.3. The van der Waals surface area contributed by atoms with Crippen molar-refractivity contribution < 1.29 is 0 Å². The van der Waals surface area contributed by atoms with Gasteiger partial charge in [0.25, 0.3) is 0 Å². The van der Waals surface area contributed by atoms with Crippen LogP contribution in [0.15, 0.2) is 261 Å². The first-order valence-corrected chi connectivity index (χ1v) is 23.5. The normalized spacial score (nSPS) is 11.1. The summed E-state index contributed by atoms with van der Waals surface area (Å²) in [5.41, 5.74) is 18.5. The molecule has 0 atom stereocenters. The summed E-state index contributed by atoms with van der Waals surface area (Å²) < 4.78 is 0. The van der Waals surface area contributed by atoms with E-state index in [1.165, 1.54) is 10.8 Å². The molecule has 0 unspecified atom stereocenters. The lowest BCUT2D eigenvalue weighted by Gasteiger charge is -2.13. The summed E-state index contributed by atoms with van der Waals surface area (Å²) in [4.78, 5) is 26.5. The van der Waals surface area contributed by atoms with E-state index in [0.29, 0.717) is 0 Å². The molecule has 5 nitrogen and oxygen atoms in total. The third-order valence-electron chi connectivity index (χ3n) is 12.7. The lowest BCUT2D eigenvalue weighted by Crippen LogP contribution is -1.98. The molecule has 5 heterocycles. The Balaban J connectivity index is 0.953. The standard InChI is InChI=1S/C65H43N5/c1-5-18-44(19-6-1)53-38-60(48-25-11-4-12-26-48)68-62(40-53)56-30-16-32-58(66-56)64-42-55(46-22-9-3-10-23-46)43-65(70-64)59-33-17-31-57(67-59)63-41-54(45-20-7-2-8-21-45)39-61(69-63)52-29-15-28-50(37-52)51-35-34-47-24-13-14-27-49(47)36-51/h1-43H. The molecular formula is C65H43N5. The van der Waals surface area contributed by atoms with Gasteiger partial charge in [-0.2, -0.15) is 0 Å². The van der Waals surface area contributed by atoms with Crippen LogP contribution < -0.4 is 0 Å². The summed E-state index contributed by atoms with van der Waals surface area (Å²) in [6.07, 6.45) is 0. The Kier molecular flexibility index (Phi) is 11.2. The van der Waals surface area contributed by atoms with Gasteiger partial charge in [0.2, 0.25) is 0 Å². The van der Waals surface area contributed by atoms with Crippen LogP contribution in [0.25, 0.3) is 123 Å². The van der Waals surface area contributed by atoms with Crippen LogP contribution in [0.3, 0.4) is 0 Å². The molecule has 5 heteroatoms. The van der Waals surface area contributed by atoms with Crippen molar-refractivity contribution >= 4 is 10.8 Å². The molecule has 12 rings (SSSR count). The monoisotopic (exact) mass is 893 g/mol. The van der Waals surface area contributed by atoms with E-state index in [4.69, 9.17) is 24.9 Å². The van der Waals surface area contributed by atoms with Gasteiger partial charge in [0.05, 0.1) is 56.9 Å². The third-order valence-corrected chi connectivity index (χ3v) is 12.7. The molecular weight excluding hydrogens is 851 g/mol. The zero-order chi connectivity index (χ0) is 46.6. The maximum Gasteiger partial charge on any atom is 0.0900 e. The van der Waals surface area contributed by atoms with Gasteiger partial charge in [0, 0.05) is 11.1 Å². The SMILES string of the molecule is c1ccc(-c2cc(-c3ccccc3)nc(-c3cccc(-c4cc(-c5ccccc5)cc(-c5cccc(-c6cc(-c7ccccc7)cc(-c7cccc(-c8ccc9ccccc9c8)c7)n6)n5)n4)n3)c2)cc1. The number of hydrogen-bond acceptors (Lipinski definition) is 5. The second kappa shape index (κ2) is 18.7. The van der Waals surface area contributed by atoms with Crippen LogP contribution in [0.1, 0.15) is 0 Å². The molecule has 0 aliphatic heterocycles. The fourth-order valence-electron chi connectivity index (χ4n) is 9.08. The molecule has 70 heavy (non-hydrogen) atoms. The van der Waals surface area contributed by atoms with Gasteiger partial charge < -0.3 is 0 Å². The topological polar surface area (TPSA) is 64.5 Å². The van der Waals surface area contributed by atoms with Crippen molar-refractivity contribution in [1.82, 2.24) is 24.9 Å². The van der Waals surface area contributed by atoms with Crippen molar-refractivity contribution in [3.63, 3.8) is 0 Å². The molecule has 0 saturated carbocycles. The largest absolute Gasteiger partial charge is 0.246 e. The van der Waals surface area contributed by atoms with Crippen molar-refractivity contribution in [3.8, 4) is 113 Å². The molecule has 0 aliphatic carbocycles. The van der Waals surface area contributed by atoms with Crippen molar-refractivity contribution in [2.75, 3.05) is 0 Å². The van der Waals surface area contributed by atoms with Gasteiger partial charge in [0.1, 0.15) is 0 Å². The molecule has 0 aliphatic rings. The van der Waals surface area contributed by atoms with Crippen LogP contribution in [-0.4, -0.2) is 24.9 Å². The van der Waals surface area contributed by atoms with Crippen LogP contribution in [0.4, 0.5) is 0 Å². The number of rotatable bonds is 10. The highest BCUT2D eigenvalue weighted by Crippen LogP contribution is 2.36. The average Bonchev–Trinajstić information content (AvgIpc) is 3.45. The highest BCUT2D eigenvalue weighted by molar-refractivity contribution is 5.88. The zero-order valence-corrected chi connectivity index (χ0v) is 38.1. The van der Waals surface area contributed by atoms with Crippen LogP contribution in [0.5, 0.6) is 0 Å². The van der Waals surface area contributed by atoms with Crippen molar-refractivity contribution in [1.29, 1.82) is 0 Å². The minimum Gasteiger partial charge on any atom is -0.246 e. The van der Waals surface area contributed by atoms with Crippen molar-refractivity contribution in [3.05, 3.63) is 261 Å². The molecule has 5 aromatic heterocycles. The minimum absolute atomic E-state index is 0.725. The van der Waals surface area contributed by atoms with E-state index in [1.807, 2.05) is 72.8 Å². The number of benzene rings is 7. The van der Waals surface area contributed by atoms with Gasteiger partial charge in [-0.3, -0.25) is 0 Å². The second-order valence-corrected chi connectivity index (χ2v) is 17.3. The fourth-order valence-corrected chi connectivity index (χ4v) is 9.08. The minimum atomic E-state index is 0.725. The van der Waals surface area contributed by atoms with E-state index in [1.54, 1.807) is 0 Å². The van der Waals surface area contributed by atoms with Gasteiger partial charge in [-0.25, -0.2) is 24.9 Å². The smallest absolute Gasteiger partial charge is 0.0900 e. The number of aromatic nitrogens is 5. The average molecular weight is 894 g/mol. The predicted molar refractivity (Wildman–Crippen MR) is 287 cm³/mol. The molecule has 7 aromatic carbocycles. The predicted octanol–water partition coefficient (Wildman–Crippen LogP) is 16.5. The summed E-state index contributed by atoms with van der Waals surface area (Å²) in [5.74, 6) is 0. The lowest BCUT2D eigenvalue weighted by molar-refractivity contribution is 1.20. The maximum atomic E-state index is 5.34. The van der Waals surface area contributed by atoms with Crippen molar-refractivity contribution in [2.24, 2.45) is 0 Å². The second-order valence-electron chi connectivity index (χ2n) is 17.3. The number of hydrogen-bond donors (Lipinski definition) is 0. The molecule has 0 spiro atoms. The van der Waals surface area contributed by atoms with Crippen LogP contribution in [0, 0.1) is 0 Å². The molecule has 12 aromatic rings. The van der Waals surface area contributed by atoms with E-state index in [-0.39, 0.29) is 0 Å². The summed E-state index contributed by atoms with van der Waals surface area (Å²) in [5, 5.41) is 2.43. The zero-order valence-electron chi connectivity index (χ0n) is 38.1. The Morgan fingerprint density at radius 2 is 0.457 bits per heavy atom. The number of nitrogens with zero attached hydrogens (tertiary/aromatic N) is 5. The quantitative estimate of drug-likeness (QED) is 0.137. The van der Waals surface area contributed by atoms with E-state index < -0.39 is 0 Å². The molecule has 0 amide bonds. The van der Waals surface area contributed by atoms with Crippen LogP contribution >= 0.6 is 0 Å². The number of fused-ring (bicyclic) bond motifs is 1. The first-order chi connectivity index (χ1) is 34.6. The van der Waals surface area contributed by atoms with E-state index in [9.17, 15) is 0 Å². The molecule has 0 fully saturated rings. The highest BCUT2D eigenvalue weighted by atomic mass is 14.9. The third kappa shape index (κ3) is 8.79. The van der Waals surface area contributed by atoms with Gasteiger partial charge in [-0.15, -0.1) is 0 Å². The summed E-state index contributed by atoms with van der Waals surface area (Å²) >= 11 is 0. The van der Waals surface area contributed by atoms with Gasteiger partial charge in [0.15, 0.2) is 0 Å². The Bertz CT molecular complexity index is 3760. The van der Waals surface area contributed by atoms with E-state index in [2.05, 4.69) is 188 Å². The Morgan fingerprint density at radius 3 is 0.929 bits per heavy atom. The first kappa shape index (κ1) is 41.9. The fraction of sp³-hybridized carbons (Fsp3) is 0. The number of pyridine rings is 5. The van der Waals surface area contributed by atoms with Crippen LogP contribution in [-0.2, 0) is 0 Å². The molecule has 0 bridgehead atoms. The molecule has 328 valence electrons. The molecule has 0 N–H and O–H groups in total. The Labute approximate surface area is 407 Å². The Morgan fingerprint density at radius 1 is 0.143 bits per heavy atom.